The topological polar surface area (TPSA) is 116 Å². The normalized spacial score (nSPS) is 13.3. The van der Waals surface area contributed by atoms with Crippen molar-refractivity contribution in [1.82, 2.24) is 0 Å². The van der Waals surface area contributed by atoms with E-state index in [1.807, 2.05) is 0 Å². The molecule has 3 N–H and O–H groups in total. The highest BCUT2D eigenvalue weighted by Crippen LogP contribution is 2.39. The van der Waals surface area contributed by atoms with Gasteiger partial charge in [-0.05, 0) is 56.0 Å². The Labute approximate surface area is 155 Å². The third-order valence-electron chi connectivity index (χ3n) is 4.07. The molecule has 1 amide bonds. The molecular weight excluding hydrogens is 376 g/mol. The number of amides is 1. The van der Waals surface area contributed by atoms with Crippen LogP contribution in [-0.4, -0.2) is 26.9 Å². The molecule has 2 aromatic rings. The molecule has 0 spiro atoms. The molecule has 0 unspecified atom stereocenters. The number of ether oxygens (including phenoxy) is 1. The predicted octanol–water partition coefficient (Wildman–Crippen LogP) is 2.31. The average Bonchev–Trinajstić information content (AvgIpc) is 3.15. The minimum absolute atomic E-state index is 0.0190. The fraction of sp³-hybridized carbons (Fsp3) is 0.294. The summed E-state index contributed by atoms with van der Waals surface area (Å²) < 4.78 is 32.6. The van der Waals surface area contributed by atoms with Gasteiger partial charge in [-0.3, -0.25) is 9.52 Å². The number of esters is 1. The number of carbonyl (C=O) groups is 2. The molecule has 0 bridgehead atoms. The van der Waals surface area contributed by atoms with Crippen molar-refractivity contribution in [3.8, 4) is 0 Å². The van der Waals surface area contributed by atoms with E-state index >= 15 is 0 Å². The number of benzene rings is 1. The molecule has 1 aromatic carbocycles. The maximum atomic E-state index is 12.6. The molecule has 7 nitrogen and oxygen atoms in total. The maximum Gasteiger partial charge on any atom is 0.338 e. The second kappa shape index (κ2) is 7.08. The quantitative estimate of drug-likeness (QED) is 0.730. The van der Waals surface area contributed by atoms with Crippen LogP contribution in [0.4, 0.5) is 5.00 Å². The highest BCUT2D eigenvalue weighted by molar-refractivity contribution is 7.93. The molecule has 0 atom stereocenters. The zero-order valence-electron chi connectivity index (χ0n) is 14.1. The number of aryl methyl sites for hydroxylation is 1. The van der Waals surface area contributed by atoms with Gasteiger partial charge >= 0.3 is 5.97 Å². The van der Waals surface area contributed by atoms with Crippen LogP contribution in [0.5, 0.6) is 0 Å². The number of rotatable bonds is 6. The van der Waals surface area contributed by atoms with Crippen LogP contribution in [0.15, 0.2) is 29.2 Å². The lowest BCUT2D eigenvalue weighted by Gasteiger charge is -2.09. The summed E-state index contributed by atoms with van der Waals surface area (Å²) >= 11 is 1.25. The zero-order chi connectivity index (χ0) is 18.9. The van der Waals surface area contributed by atoms with Crippen molar-refractivity contribution >= 4 is 38.2 Å². The standard InChI is InChI=1S/C17H18N2O5S2/c1-2-24-17(21)10-6-8-11(9-7-10)26(22,23)19-16-14(15(18)20)12-4-3-5-13(12)25-16/h6-9,19H,2-5H2,1H3,(H2,18,20). The van der Waals surface area contributed by atoms with E-state index in [4.69, 9.17) is 10.5 Å². The van der Waals surface area contributed by atoms with Crippen LogP contribution >= 0.6 is 11.3 Å². The molecular formula is C17H18N2O5S2. The Morgan fingerprint density at radius 1 is 1.23 bits per heavy atom. The van der Waals surface area contributed by atoms with Crippen molar-refractivity contribution in [3.63, 3.8) is 0 Å². The zero-order valence-corrected chi connectivity index (χ0v) is 15.7. The monoisotopic (exact) mass is 394 g/mol. The van der Waals surface area contributed by atoms with Crippen LogP contribution < -0.4 is 10.5 Å². The van der Waals surface area contributed by atoms with Crippen LogP contribution in [-0.2, 0) is 27.6 Å². The van der Waals surface area contributed by atoms with Gasteiger partial charge in [-0.2, -0.15) is 0 Å². The highest BCUT2D eigenvalue weighted by atomic mass is 32.2. The van der Waals surface area contributed by atoms with Gasteiger partial charge in [-0.15, -0.1) is 11.3 Å². The molecule has 1 aliphatic rings. The van der Waals surface area contributed by atoms with Crippen molar-refractivity contribution in [2.75, 3.05) is 11.3 Å². The number of nitrogens with one attached hydrogen (secondary N) is 1. The van der Waals surface area contributed by atoms with Gasteiger partial charge < -0.3 is 10.5 Å². The first-order valence-corrected chi connectivity index (χ1v) is 10.4. The SMILES string of the molecule is CCOC(=O)c1ccc(S(=O)(=O)Nc2sc3c(c2C(N)=O)CCC3)cc1. The van der Waals surface area contributed by atoms with Gasteiger partial charge in [0.05, 0.1) is 22.6 Å². The molecule has 0 saturated carbocycles. The molecule has 138 valence electrons. The third kappa shape index (κ3) is 3.45. The number of fused-ring (bicyclic) bond motifs is 1. The number of anilines is 1. The molecule has 1 aromatic heterocycles. The summed E-state index contributed by atoms with van der Waals surface area (Å²) in [5.41, 5.74) is 6.82. The minimum Gasteiger partial charge on any atom is -0.462 e. The average molecular weight is 394 g/mol. The first kappa shape index (κ1) is 18.4. The molecule has 0 radical (unpaired) electrons. The van der Waals surface area contributed by atoms with Gasteiger partial charge in [-0.25, -0.2) is 13.2 Å². The van der Waals surface area contributed by atoms with Crippen LogP contribution in [0.2, 0.25) is 0 Å². The first-order valence-electron chi connectivity index (χ1n) is 8.08. The molecule has 1 aliphatic carbocycles. The molecule has 3 rings (SSSR count). The second-order valence-corrected chi connectivity index (χ2v) is 8.56. The van der Waals surface area contributed by atoms with Gasteiger partial charge in [-0.1, -0.05) is 0 Å². The van der Waals surface area contributed by atoms with Gasteiger partial charge in [0.1, 0.15) is 5.00 Å². The smallest absolute Gasteiger partial charge is 0.338 e. The molecule has 9 heteroatoms. The molecule has 1 heterocycles. The summed E-state index contributed by atoms with van der Waals surface area (Å²) in [4.78, 5) is 24.4. The molecule has 0 fully saturated rings. The summed E-state index contributed by atoms with van der Waals surface area (Å²) in [5.74, 6) is -1.16. The number of hydrogen-bond donors (Lipinski definition) is 2. The Balaban J connectivity index is 1.88. The molecule has 0 saturated heterocycles. The van der Waals surface area contributed by atoms with Gasteiger partial charge in [0, 0.05) is 4.88 Å². The van der Waals surface area contributed by atoms with E-state index in [9.17, 15) is 18.0 Å². The third-order valence-corrected chi connectivity index (χ3v) is 6.77. The van der Waals surface area contributed by atoms with Gasteiger partial charge in [0.15, 0.2) is 0 Å². The fourth-order valence-electron chi connectivity index (χ4n) is 2.90. The van der Waals surface area contributed by atoms with Crippen LogP contribution in [0.25, 0.3) is 0 Å². The minimum atomic E-state index is -3.91. The Kier molecular flexibility index (Phi) is 5.01. The van der Waals surface area contributed by atoms with Gasteiger partial charge in [0.2, 0.25) is 0 Å². The number of thiophene rings is 1. The summed E-state index contributed by atoms with van der Waals surface area (Å²) in [7, 11) is -3.91. The lowest BCUT2D eigenvalue weighted by atomic mass is 10.1. The van der Waals surface area contributed by atoms with Crippen molar-refractivity contribution in [3.05, 3.63) is 45.8 Å². The Hall–Kier alpha value is -2.39. The van der Waals surface area contributed by atoms with E-state index < -0.39 is 21.9 Å². The van der Waals surface area contributed by atoms with Crippen molar-refractivity contribution in [1.29, 1.82) is 0 Å². The van der Waals surface area contributed by atoms with Crippen molar-refractivity contribution < 1.29 is 22.7 Å². The van der Waals surface area contributed by atoms with Crippen molar-refractivity contribution in [2.45, 2.75) is 31.1 Å². The Morgan fingerprint density at radius 3 is 2.54 bits per heavy atom. The fourth-order valence-corrected chi connectivity index (χ4v) is 5.50. The van der Waals surface area contributed by atoms with Crippen molar-refractivity contribution in [2.24, 2.45) is 5.73 Å². The summed E-state index contributed by atoms with van der Waals surface area (Å²) in [6.45, 7) is 1.93. The molecule has 0 aliphatic heterocycles. The number of hydrogen-bond acceptors (Lipinski definition) is 6. The first-order chi connectivity index (χ1) is 12.3. The number of nitrogens with two attached hydrogens (primary N) is 1. The van der Waals surface area contributed by atoms with E-state index in [2.05, 4.69) is 4.72 Å². The summed E-state index contributed by atoms with van der Waals surface area (Å²) in [6.07, 6.45) is 2.47. The van der Waals surface area contributed by atoms with Crippen LogP contribution in [0, 0.1) is 0 Å². The second-order valence-electron chi connectivity index (χ2n) is 5.78. The Morgan fingerprint density at radius 2 is 1.92 bits per heavy atom. The lowest BCUT2D eigenvalue weighted by molar-refractivity contribution is 0.0526. The predicted molar refractivity (Wildman–Crippen MR) is 98.1 cm³/mol. The van der Waals surface area contributed by atoms with E-state index in [1.54, 1.807) is 6.92 Å². The number of carbonyl (C=O) groups excluding carboxylic acids is 2. The summed E-state index contributed by atoms with van der Waals surface area (Å²) in [6, 6.07) is 5.41. The van der Waals surface area contributed by atoms with E-state index in [0.717, 1.165) is 29.7 Å². The number of primary amides is 1. The molecule has 26 heavy (non-hydrogen) atoms. The lowest BCUT2D eigenvalue weighted by Crippen LogP contribution is -2.18. The van der Waals surface area contributed by atoms with E-state index in [0.29, 0.717) is 0 Å². The summed E-state index contributed by atoms with van der Waals surface area (Å²) in [5, 5.41) is 0.247. The van der Waals surface area contributed by atoms with Crippen LogP contribution in [0.3, 0.4) is 0 Å². The van der Waals surface area contributed by atoms with E-state index in [-0.39, 0.29) is 27.6 Å². The van der Waals surface area contributed by atoms with Gasteiger partial charge in [0.25, 0.3) is 15.9 Å². The Bertz CT molecular complexity index is 962. The largest absolute Gasteiger partial charge is 0.462 e. The van der Waals surface area contributed by atoms with E-state index in [1.165, 1.54) is 35.6 Å². The highest BCUT2D eigenvalue weighted by Gasteiger charge is 2.28. The number of sulfonamides is 1. The van der Waals surface area contributed by atoms with Crippen LogP contribution in [0.1, 0.15) is 44.5 Å². The maximum absolute atomic E-state index is 12.6.